The maximum absolute atomic E-state index is 3.88. The summed E-state index contributed by atoms with van der Waals surface area (Å²) in [6.45, 7) is 33.2. The number of piperidine rings is 2. The third kappa shape index (κ3) is 21.4. The highest BCUT2D eigenvalue weighted by Gasteiger charge is 2.36. The topological polar surface area (TPSA) is 6.48 Å². The first-order chi connectivity index (χ1) is 20.7. The molecule has 0 unspecified atom stereocenters. The van der Waals surface area contributed by atoms with Crippen molar-refractivity contribution in [3.05, 3.63) is 73.9 Å². The zero-order valence-electron chi connectivity index (χ0n) is 30.7. The van der Waals surface area contributed by atoms with Crippen molar-refractivity contribution in [2.75, 3.05) is 26.7 Å². The van der Waals surface area contributed by atoms with E-state index in [1.807, 2.05) is 0 Å². The molecular weight excluding hydrogens is 553 g/mol. The average Bonchev–Trinajstić information content (AvgIpc) is 3.96. The van der Waals surface area contributed by atoms with Crippen LogP contribution in [-0.2, 0) is 0 Å². The lowest BCUT2D eigenvalue weighted by molar-refractivity contribution is 0.146. The van der Waals surface area contributed by atoms with E-state index in [2.05, 4.69) is 116 Å². The summed E-state index contributed by atoms with van der Waals surface area (Å²) in [6.07, 6.45) is 21.3. The van der Waals surface area contributed by atoms with Crippen LogP contribution in [-0.4, -0.2) is 48.6 Å². The Morgan fingerprint density at radius 3 is 1.59 bits per heavy atom. The van der Waals surface area contributed by atoms with E-state index >= 15 is 0 Å². The van der Waals surface area contributed by atoms with Crippen LogP contribution in [0.3, 0.4) is 0 Å². The second-order valence-electron chi connectivity index (χ2n) is 13.8. The van der Waals surface area contributed by atoms with Crippen LogP contribution in [0.1, 0.15) is 135 Å². The summed E-state index contributed by atoms with van der Waals surface area (Å²) in [6, 6.07) is 10.3. The number of benzene rings is 1. The fraction of sp³-hybridized carbons (Fsp3) is 0.707. The lowest BCUT2D eigenvalue weighted by Gasteiger charge is -2.34. The summed E-state index contributed by atoms with van der Waals surface area (Å²) in [5.74, 6) is 1.09. The lowest BCUT2D eigenvalue weighted by Crippen LogP contribution is -2.39. The molecular formula is C41H76N2S. The molecule has 0 amide bonds. The molecule has 4 aliphatic rings. The number of rotatable bonds is 8. The first kappa shape index (κ1) is 44.8. The summed E-state index contributed by atoms with van der Waals surface area (Å²) in [5, 5.41) is 0. The van der Waals surface area contributed by atoms with Gasteiger partial charge in [0, 0.05) is 12.1 Å². The monoisotopic (exact) mass is 629 g/mol. The minimum atomic E-state index is 0. The third-order valence-electron chi connectivity index (χ3n) is 9.19. The Kier molecular flexibility index (Phi) is 27.4. The van der Waals surface area contributed by atoms with Crippen LogP contribution < -0.4 is 0 Å². The van der Waals surface area contributed by atoms with E-state index in [1.165, 1.54) is 133 Å². The fourth-order valence-electron chi connectivity index (χ4n) is 6.39. The Morgan fingerprint density at radius 1 is 0.795 bits per heavy atom. The van der Waals surface area contributed by atoms with Gasteiger partial charge in [0.15, 0.2) is 0 Å². The number of nitrogens with zero attached hydrogens (tertiary/aromatic N) is 2. The van der Waals surface area contributed by atoms with Crippen LogP contribution in [0.5, 0.6) is 0 Å². The van der Waals surface area contributed by atoms with Gasteiger partial charge in [-0.15, -0.1) is 32.9 Å². The quantitative estimate of drug-likeness (QED) is 0.264. The second kappa shape index (κ2) is 26.9. The zero-order valence-corrected chi connectivity index (χ0v) is 31.7. The van der Waals surface area contributed by atoms with Gasteiger partial charge in [-0.05, 0) is 129 Å². The first-order valence-corrected chi connectivity index (χ1v) is 17.8. The van der Waals surface area contributed by atoms with Crippen molar-refractivity contribution in [2.24, 2.45) is 11.3 Å². The molecule has 1 atom stereocenters. The predicted molar refractivity (Wildman–Crippen MR) is 208 cm³/mol. The van der Waals surface area contributed by atoms with E-state index in [0.29, 0.717) is 5.41 Å². The molecule has 2 nitrogen and oxygen atoms in total. The van der Waals surface area contributed by atoms with Crippen molar-refractivity contribution in [3.8, 4) is 0 Å². The molecule has 2 aliphatic carbocycles. The zero-order chi connectivity index (χ0) is 32.7. The highest BCUT2D eigenvalue weighted by Crippen LogP contribution is 2.49. The molecule has 2 saturated heterocycles. The van der Waals surface area contributed by atoms with Crippen LogP contribution in [0.25, 0.3) is 0 Å². The minimum absolute atomic E-state index is 0. The van der Waals surface area contributed by atoms with E-state index in [4.69, 9.17) is 0 Å². The van der Waals surface area contributed by atoms with Crippen LogP contribution in [0, 0.1) is 25.2 Å². The molecule has 0 spiro atoms. The highest BCUT2D eigenvalue weighted by molar-refractivity contribution is 7.59. The molecule has 2 aliphatic heterocycles. The molecule has 2 heterocycles. The third-order valence-corrected chi connectivity index (χ3v) is 9.19. The van der Waals surface area contributed by atoms with Crippen LogP contribution in [0.2, 0.25) is 0 Å². The predicted octanol–water partition coefficient (Wildman–Crippen LogP) is 12.1. The summed E-state index contributed by atoms with van der Waals surface area (Å²) in [7, 11) is 2.29. The minimum Gasteiger partial charge on any atom is -0.303 e. The Bertz CT molecular complexity index is 775. The van der Waals surface area contributed by atoms with Gasteiger partial charge in [-0.25, -0.2) is 0 Å². The van der Waals surface area contributed by atoms with Gasteiger partial charge in [0.1, 0.15) is 0 Å². The maximum atomic E-state index is 3.88. The van der Waals surface area contributed by atoms with E-state index in [9.17, 15) is 0 Å². The lowest BCUT2D eigenvalue weighted by atomic mass is 9.99. The molecule has 1 aromatic carbocycles. The average molecular weight is 629 g/mol. The normalized spacial score (nSPS) is 20.0. The molecule has 0 aromatic heterocycles. The summed E-state index contributed by atoms with van der Waals surface area (Å²) in [5.41, 5.74) is 4.67. The number of likely N-dealkylation sites (tertiary alicyclic amines) is 2. The first-order valence-electron chi connectivity index (χ1n) is 17.8. The van der Waals surface area contributed by atoms with Gasteiger partial charge in [-0.1, -0.05) is 87.4 Å². The smallest absolute Gasteiger partial charge is 0.0120 e. The molecule has 2 saturated carbocycles. The van der Waals surface area contributed by atoms with Gasteiger partial charge in [0.25, 0.3) is 0 Å². The number of aryl methyl sites for hydroxylation is 2. The number of hydrogen-bond acceptors (Lipinski definition) is 2. The van der Waals surface area contributed by atoms with Crippen molar-refractivity contribution >= 4 is 13.5 Å². The van der Waals surface area contributed by atoms with Crippen molar-refractivity contribution < 1.29 is 0 Å². The Hall–Kier alpha value is -1.29. The summed E-state index contributed by atoms with van der Waals surface area (Å²) >= 11 is 0. The molecule has 0 radical (unpaired) electrons. The summed E-state index contributed by atoms with van der Waals surface area (Å²) in [4.78, 5) is 5.30. The van der Waals surface area contributed by atoms with Crippen molar-refractivity contribution in [1.29, 1.82) is 0 Å². The van der Waals surface area contributed by atoms with Crippen molar-refractivity contribution in [1.82, 2.24) is 9.80 Å². The highest BCUT2D eigenvalue weighted by atomic mass is 32.1. The van der Waals surface area contributed by atoms with Crippen LogP contribution in [0.4, 0.5) is 0 Å². The molecule has 256 valence electrons. The molecule has 3 heteroatoms. The Morgan fingerprint density at radius 2 is 1.25 bits per heavy atom. The van der Waals surface area contributed by atoms with Crippen LogP contribution >= 0.6 is 13.5 Å². The van der Waals surface area contributed by atoms with Gasteiger partial charge in [-0.3, -0.25) is 0 Å². The SMILES string of the molecule is C=C.C=C.C=C(C)CC1(C)CC1.CCCC(CCC)N1CCCCC1.CN1CCCC[C@H]1C1CC1.Cc1ccc(C)cc1.S. The van der Waals surface area contributed by atoms with Crippen molar-refractivity contribution in [2.45, 2.75) is 150 Å². The van der Waals surface area contributed by atoms with Crippen molar-refractivity contribution in [3.63, 3.8) is 0 Å². The van der Waals surface area contributed by atoms with E-state index < -0.39 is 0 Å². The number of allylic oxidation sites excluding steroid dienone is 1. The molecule has 1 aromatic rings. The standard InChI is InChI=1S/C12H25N.C9H17N.C8H14.C8H10.2C2H4.H2S/c1-3-8-12(9-4-2)13-10-6-5-7-11-13;1-10-7-3-2-4-9(10)8-5-6-8;1-7(2)6-8(3)4-5-8;1-7-3-5-8(2)6-4-7;2*1-2;/h12H,3-11H2,1-2H3;8-9H,2-7H2,1H3;1,4-6H2,2-3H3;3-6H,1-2H3;2*1-2H2;1H2/t;9-;;;;;/m.0...../s1. The maximum Gasteiger partial charge on any atom is 0.0120 e. The molecule has 44 heavy (non-hydrogen) atoms. The molecule has 5 rings (SSSR count). The Balaban J connectivity index is 0. The van der Waals surface area contributed by atoms with Gasteiger partial charge >= 0.3 is 0 Å². The molecule has 0 bridgehead atoms. The molecule has 0 N–H and O–H groups in total. The largest absolute Gasteiger partial charge is 0.303 e. The second-order valence-corrected chi connectivity index (χ2v) is 13.8. The van der Waals surface area contributed by atoms with E-state index in [-0.39, 0.29) is 13.5 Å². The van der Waals surface area contributed by atoms with Crippen LogP contribution in [0.15, 0.2) is 62.7 Å². The Labute approximate surface area is 284 Å². The van der Waals surface area contributed by atoms with Gasteiger partial charge in [0.2, 0.25) is 0 Å². The molecule has 4 fully saturated rings. The number of hydrogen-bond donors (Lipinski definition) is 0. The van der Waals surface area contributed by atoms with Gasteiger partial charge in [0.05, 0.1) is 0 Å². The van der Waals surface area contributed by atoms with Gasteiger partial charge in [-0.2, -0.15) is 13.5 Å². The van der Waals surface area contributed by atoms with Gasteiger partial charge < -0.3 is 9.80 Å². The van der Waals surface area contributed by atoms with E-state index in [1.54, 1.807) is 0 Å². The fourth-order valence-corrected chi connectivity index (χ4v) is 6.39. The summed E-state index contributed by atoms with van der Waals surface area (Å²) < 4.78 is 0. The van der Waals surface area contributed by atoms with E-state index in [0.717, 1.165) is 18.0 Å².